The number of carbonyl (C=O) groups is 1. The van der Waals surface area contributed by atoms with E-state index in [2.05, 4.69) is 20.4 Å². The van der Waals surface area contributed by atoms with E-state index in [-0.39, 0.29) is 17.9 Å². The fourth-order valence-corrected chi connectivity index (χ4v) is 3.90. The van der Waals surface area contributed by atoms with Crippen molar-refractivity contribution in [3.8, 4) is 5.75 Å². The lowest BCUT2D eigenvalue weighted by Gasteiger charge is -2.39. The normalized spacial score (nSPS) is 15.2. The smallest absolute Gasteiger partial charge is 0.319 e. The second kappa shape index (κ2) is 10.2. The number of furan rings is 1. The van der Waals surface area contributed by atoms with E-state index in [1.165, 1.54) is 12.1 Å². The van der Waals surface area contributed by atoms with Crippen molar-refractivity contribution in [2.24, 2.45) is 0 Å². The molecular weight excluding hydrogens is 411 g/mol. The maximum atomic E-state index is 13.2. The van der Waals surface area contributed by atoms with Crippen LogP contribution in [0.3, 0.4) is 0 Å². The molecule has 0 spiro atoms. The standard InChI is InChI=1S/C24H27FN4O3/c1-31-21-5-2-4-19(16-21)27-24(30)26-17-22(23-6-3-15-32-23)29-13-11-28(12-14-29)20-9-7-18(25)8-10-20/h2-10,15-16,22H,11-14,17H2,1H3,(H2,26,27,30). The van der Waals surface area contributed by atoms with Crippen LogP contribution in [0.5, 0.6) is 5.75 Å². The van der Waals surface area contributed by atoms with Crippen molar-refractivity contribution in [2.45, 2.75) is 6.04 Å². The molecule has 8 heteroatoms. The number of halogens is 1. The number of rotatable bonds is 7. The molecule has 1 unspecified atom stereocenters. The largest absolute Gasteiger partial charge is 0.497 e. The fourth-order valence-electron chi connectivity index (χ4n) is 3.90. The molecule has 3 aromatic rings. The van der Waals surface area contributed by atoms with E-state index in [1.807, 2.05) is 24.3 Å². The third-order valence-electron chi connectivity index (χ3n) is 5.60. The Balaban J connectivity index is 1.36. The van der Waals surface area contributed by atoms with Crippen molar-refractivity contribution in [1.29, 1.82) is 0 Å². The van der Waals surface area contributed by atoms with Crippen LogP contribution in [0.4, 0.5) is 20.6 Å². The van der Waals surface area contributed by atoms with Crippen LogP contribution >= 0.6 is 0 Å². The van der Waals surface area contributed by atoms with Crippen molar-refractivity contribution in [3.63, 3.8) is 0 Å². The lowest BCUT2D eigenvalue weighted by Crippen LogP contribution is -2.50. The lowest BCUT2D eigenvalue weighted by atomic mass is 10.1. The average molecular weight is 439 g/mol. The third-order valence-corrected chi connectivity index (χ3v) is 5.60. The highest BCUT2D eigenvalue weighted by Gasteiger charge is 2.27. The minimum absolute atomic E-state index is 0.0866. The van der Waals surface area contributed by atoms with Crippen molar-refractivity contribution in [2.75, 3.05) is 50.1 Å². The molecule has 0 bridgehead atoms. The van der Waals surface area contributed by atoms with Crippen LogP contribution in [0.25, 0.3) is 0 Å². The van der Waals surface area contributed by atoms with Gasteiger partial charge in [0.15, 0.2) is 0 Å². The zero-order valence-electron chi connectivity index (χ0n) is 18.0. The highest BCUT2D eigenvalue weighted by atomic mass is 19.1. The number of hydrogen-bond donors (Lipinski definition) is 2. The maximum absolute atomic E-state index is 13.2. The van der Waals surface area contributed by atoms with Crippen LogP contribution in [-0.4, -0.2) is 50.8 Å². The first kappa shape index (κ1) is 21.7. The van der Waals surface area contributed by atoms with E-state index in [1.54, 1.807) is 37.6 Å². The summed E-state index contributed by atoms with van der Waals surface area (Å²) in [5.41, 5.74) is 1.67. The summed E-state index contributed by atoms with van der Waals surface area (Å²) < 4.78 is 24.1. The first-order valence-electron chi connectivity index (χ1n) is 10.6. The van der Waals surface area contributed by atoms with Crippen molar-refractivity contribution in [1.82, 2.24) is 10.2 Å². The number of methoxy groups -OCH3 is 1. The van der Waals surface area contributed by atoms with Gasteiger partial charge < -0.3 is 24.7 Å². The van der Waals surface area contributed by atoms with E-state index >= 15 is 0 Å². The molecule has 0 radical (unpaired) electrons. The summed E-state index contributed by atoms with van der Waals surface area (Å²) in [6.45, 7) is 3.60. The number of hydrogen-bond acceptors (Lipinski definition) is 5. The molecule has 0 aliphatic carbocycles. The Morgan fingerprint density at radius 2 is 1.88 bits per heavy atom. The molecule has 1 aromatic heterocycles. The van der Waals surface area contributed by atoms with Gasteiger partial charge in [0.1, 0.15) is 17.3 Å². The van der Waals surface area contributed by atoms with Crippen LogP contribution in [0, 0.1) is 5.82 Å². The van der Waals surface area contributed by atoms with Crippen LogP contribution < -0.4 is 20.3 Å². The molecule has 7 nitrogen and oxygen atoms in total. The Morgan fingerprint density at radius 3 is 2.56 bits per heavy atom. The number of piperazine rings is 1. The molecule has 1 fully saturated rings. The van der Waals surface area contributed by atoms with E-state index in [4.69, 9.17) is 9.15 Å². The summed E-state index contributed by atoms with van der Waals surface area (Å²) in [5, 5.41) is 5.79. The van der Waals surface area contributed by atoms with Gasteiger partial charge in [-0.2, -0.15) is 0 Å². The van der Waals surface area contributed by atoms with E-state index in [0.29, 0.717) is 18.0 Å². The third kappa shape index (κ3) is 5.39. The summed E-state index contributed by atoms with van der Waals surface area (Å²) in [6.07, 6.45) is 1.65. The zero-order chi connectivity index (χ0) is 22.3. The zero-order valence-corrected chi connectivity index (χ0v) is 18.0. The van der Waals surface area contributed by atoms with Gasteiger partial charge in [-0.05, 0) is 48.5 Å². The minimum Gasteiger partial charge on any atom is -0.497 e. The van der Waals surface area contributed by atoms with Crippen LogP contribution in [0.2, 0.25) is 0 Å². The van der Waals surface area contributed by atoms with Gasteiger partial charge in [0.05, 0.1) is 19.4 Å². The van der Waals surface area contributed by atoms with Gasteiger partial charge in [-0.1, -0.05) is 6.07 Å². The molecule has 1 aliphatic heterocycles. The highest BCUT2D eigenvalue weighted by molar-refractivity contribution is 5.89. The Kier molecular flexibility index (Phi) is 6.91. The average Bonchev–Trinajstić information content (AvgIpc) is 3.35. The number of carbonyl (C=O) groups excluding carboxylic acids is 1. The summed E-state index contributed by atoms with van der Waals surface area (Å²) >= 11 is 0. The van der Waals surface area contributed by atoms with Gasteiger partial charge in [-0.15, -0.1) is 0 Å². The van der Waals surface area contributed by atoms with Crippen molar-refractivity contribution < 1.29 is 18.3 Å². The molecule has 0 saturated carbocycles. The van der Waals surface area contributed by atoms with Crippen molar-refractivity contribution in [3.05, 3.63) is 78.5 Å². The molecule has 2 heterocycles. The Hall–Kier alpha value is -3.52. The molecule has 2 N–H and O–H groups in total. The predicted molar refractivity (Wildman–Crippen MR) is 122 cm³/mol. The number of nitrogens with zero attached hydrogens (tertiary/aromatic N) is 2. The van der Waals surface area contributed by atoms with Gasteiger partial charge in [-0.25, -0.2) is 9.18 Å². The van der Waals surface area contributed by atoms with Crippen LogP contribution in [-0.2, 0) is 0 Å². The molecule has 1 atom stereocenters. The molecule has 2 aromatic carbocycles. The van der Waals surface area contributed by atoms with E-state index in [0.717, 1.165) is 37.6 Å². The Morgan fingerprint density at radius 1 is 1.09 bits per heavy atom. The number of benzene rings is 2. The van der Waals surface area contributed by atoms with Crippen LogP contribution in [0.1, 0.15) is 11.8 Å². The van der Waals surface area contributed by atoms with E-state index < -0.39 is 0 Å². The molecular formula is C24H27FN4O3. The van der Waals surface area contributed by atoms with E-state index in [9.17, 15) is 9.18 Å². The molecule has 32 heavy (non-hydrogen) atoms. The lowest BCUT2D eigenvalue weighted by molar-refractivity contribution is 0.162. The first-order valence-corrected chi connectivity index (χ1v) is 10.6. The number of ether oxygens (including phenoxy) is 1. The van der Waals surface area contributed by atoms with Gasteiger partial charge in [-0.3, -0.25) is 4.90 Å². The fraction of sp³-hybridized carbons (Fsp3) is 0.292. The van der Waals surface area contributed by atoms with Gasteiger partial charge >= 0.3 is 6.03 Å². The van der Waals surface area contributed by atoms with Gasteiger partial charge in [0.25, 0.3) is 0 Å². The monoisotopic (exact) mass is 438 g/mol. The van der Waals surface area contributed by atoms with Crippen LogP contribution in [0.15, 0.2) is 71.3 Å². The van der Waals surface area contributed by atoms with Gasteiger partial charge in [0.2, 0.25) is 0 Å². The topological polar surface area (TPSA) is 70.0 Å². The maximum Gasteiger partial charge on any atom is 0.319 e. The summed E-state index contributed by atoms with van der Waals surface area (Å²) in [4.78, 5) is 17.0. The molecule has 1 saturated heterocycles. The number of amides is 2. The molecule has 168 valence electrons. The highest BCUT2D eigenvalue weighted by Crippen LogP contribution is 2.25. The Bertz CT molecular complexity index is 1000. The predicted octanol–water partition coefficient (Wildman–Crippen LogP) is 4.11. The second-order valence-electron chi connectivity index (χ2n) is 7.60. The second-order valence-corrected chi connectivity index (χ2v) is 7.60. The number of anilines is 2. The quantitative estimate of drug-likeness (QED) is 0.581. The Labute approximate surface area is 186 Å². The molecule has 2 amide bonds. The summed E-state index contributed by atoms with van der Waals surface area (Å²) in [5.74, 6) is 1.25. The van der Waals surface area contributed by atoms with Gasteiger partial charge in [0, 0.05) is 50.2 Å². The first-order chi connectivity index (χ1) is 15.6. The number of nitrogens with one attached hydrogen (secondary N) is 2. The SMILES string of the molecule is COc1cccc(NC(=O)NCC(c2ccco2)N2CCN(c3ccc(F)cc3)CC2)c1. The minimum atomic E-state index is -0.292. The molecule has 4 rings (SSSR count). The molecule has 1 aliphatic rings. The number of urea groups is 1. The summed E-state index contributed by atoms with van der Waals surface area (Å²) in [7, 11) is 1.59. The van der Waals surface area contributed by atoms with Crippen molar-refractivity contribution >= 4 is 17.4 Å². The summed E-state index contributed by atoms with van der Waals surface area (Å²) in [6, 6.07) is 17.2.